The first-order valence-electron chi connectivity index (χ1n) is 8.14. The molecule has 4 nitrogen and oxygen atoms in total. The summed E-state index contributed by atoms with van der Waals surface area (Å²) in [7, 11) is -0.689. The molecule has 1 heterocycles. The van der Waals surface area contributed by atoms with Gasteiger partial charge in [0.05, 0.1) is 24.2 Å². The van der Waals surface area contributed by atoms with Gasteiger partial charge < -0.3 is 14.0 Å². The quantitative estimate of drug-likeness (QED) is 0.490. The van der Waals surface area contributed by atoms with Gasteiger partial charge in [-0.3, -0.25) is 4.79 Å². The predicted octanol–water partition coefficient (Wildman–Crippen LogP) is 5.32. The molecule has 0 aromatic heterocycles. The maximum absolute atomic E-state index is 12.2. The van der Waals surface area contributed by atoms with Crippen molar-refractivity contribution >= 4 is 47.9 Å². The minimum Gasteiger partial charge on any atom is -0.466 e. The zero-order valence-corrected chi connectivity index (χ0v) is 17.3. The molecule has 1 aliphatic heterocycles. The van der Waals surface area contributed by atoms with E-state index in [9.17, 15) is 4.79 Å². The minimum absolute atomic E-state index is 0.0335. The molecular formula is C17H22BCl3O4. The summed E-state index contributed by atoms with van der Waals surface area (Å²) < 4.78 is 17.3. The van der Waals surface area contributed by atoms with E-state index in [1.165, 1.54) is 0 Å². The monoisotopic (exact) mass is 406 g/mol. The average molecular weight is 408 g/mol. The van der Waals surface area contributed by atoms with Gasteiger partial charge in [-0.05, 0) is 52.3 Å². The Balaban J connectivity index is 2.44. The van der Waals surface area contributed by atoms with Crippen molar-refractivity contribution in [1.29, 1.82) is 0 Å². The lowest BCUT2D eigenvalue weighted by Crippen LogP contribution is -2.41. The van der Waals surface area contributed by atoms with Gasteiger partial charge in [0.2, 0.25) is 0 Å². The molecule has 1 fully saturated rings. The number of ether oxygens (including phenoxy) is 1. The fourth-order valence-electron chi connectivity index (χ4n) is 2.69. The molecule has 0 radical (unpaired) electrons. The van der Waals surface area contributed by atoms with Crippen LogP contribution < -0.4 is 0 Å². The zero-order chi connectivity index (χ0) is 19.0. The highest BCUT2D eigenvalue weighted by molar-refractivity contribution is 6.50. The number of carbonyl (C=O) groups excluding carboxylic acids is 1. The molecule has 1 aromatic rings. The van der Waals surface area contributed by atoms with Gasteiger partial charge in [0.1, 0.15) is 0 Å². The molecule has 138 valence electrons. The van der Waals surface area contributed by atoms with E-state index in [0.717, 1.165) is 0 Å². The molecule has 1 unspecified atom stereocenters. The lowest BCUT2D eigenvalue weighted by atomic mass is 9.66. The number of halogens is 3. The van der Waals surface area contributed by atoms with Crippen LogP contribution in [0.2, 0.25) is 15.1 Å². The Morgan fingerprint density at radius 2 is 1.60 bits per heavy atom. The summed E-state index contributed by atoms with van der Waals surface area (Å²) in [6.07, 6.45) is 0.0335. The Bertz CT molecular complexity index is 624. The molecule has 8 heteroatoms. The summed E-state index contributed by atoms with van der Waals surface area (Å²) in [5, 5.41) is 1.14. The van der Waals surface area contributed by atoms with E-state index in [-0.39, 0.29) is 19.0 Å². The van der Waals surface area contributed by atoms with Gasteiger partial charge in [-0.1, -0.05) is 34.8 Å². The van der Waals surface area contributed by atoms with Crippen molar-refractivity contribution in [3.05, 3.63) is 32.8 Å². The van der Waals surface area contributed by atoms with Gasteiger partial charge in [-0.2, -0.15) is 0 Å². The Labute approximate surface area is 164 Å². The highest BCUT2D eigenvalue weighted by Crippen LogP contribution is 2.45. The smallest absolute Gasteiger partial charge is 0.466 e. The maximum Gasteiger partial charge on any atom is 0.466 e. The topological polar surface area (TPSA) is 44.8 Å². The third-order valence-electron chi connectivity index (χ3n) is 4.71. The largest absolute Gasteiger partial charge is 0.466 e. The fraction of sp³-hybridized carbons (Fsp3) is 0.588. The SMILES string of the molecule is CCOC(=O)CC(B1OC(C)(C)C(C)(C)O1)c1c(Cl)cc(Cl)cc1Cl. The number of hydrogen-bond acceptors (Lipinski definition) is 4. The van der Waals surface area contributed by atoms with Gasteiger partial charge in [0, 0.05) is 20.9 Å². The summed E-state index contributed by atoms with van der Waals surface area (Å²) >= 11 is 18.8. The van der Waals surface area contributed by atoms with E-state index in [1.54, 1.807) is 19.1 Å². The van der Waals surface area contributed by atoms with E-state index in [2.05, 4.69) is 0 Å². The Morgan fingerprint density at radius 3 is 2.04 bits per heavy atom. The maximum atomic E-state index is 12.2. The number of esters is 1. The van der Waals surface area contributed by atoms with Crippen LogP contribution in [0.25, 0.3) is 0 Å². The summed E-state index contributed by atoms with van der Waals surface area (Å²) in [5.41, 5.74) is -0.523. The number of rotatable bonds is 5. The van der Waals surface area contributed by atoms with Crippen LogP contribution in [0.5, 0.6) is 0 Å². The molecular weight excluding hydrogens is 385 g/mol. The van der Waals surface area contributed by atoms with E-state index in [0.29, 0.717) is 20.6 Å². The van der Waals surface area contributed by atoms with E-state index in [1.807, 2.05) is 27.7 Å². The second-order valence-corrected chi connectivity index (χ2v) is 8.27. The molecule has 1 atom stereocenters. The van der Waals surface area contributed by atoms with Crippen LogP contribution in [0.4, 0.5) is 0 Å². The lowest BCUT2D eigenvalue weighted by Gasteiger charge is -2.32. The second-order valence-electron chi connectivity index (χ2n) is 7.02. The van der Waals surface area contributed by atoms with Crippen molar-refractivity contribution in [2.24, 2.45) is 0 Å². The van der Waals surface area contributed by atoms with Crippen molar-refractivity contribution in [2.75, 3.05) is 6.61 Å². The van der Waals surface area contributed by atoms with Crippen molar-refractivity contribution in [1.82, 2.24) is 0 Å². The van der Waals surface area contributed by atoms with Crippen LogP contribution in [0.15, 0.2) is 12.1 Å². The first-order chi connectivity index (χ1) is 11.5. The summed E-state index contributed by atoms with van der Waals surface area (Å²) in [4.78, 5) is 12.2. The molecule has 0 aliphatic carbocycles. The van der Waals surface area contributed by atoms with Gasteiger partial charge in [0.15, 0.2) is 0 Å². The lowest BCUT2D eigenvalue weighted by molar-refractivity contribution is -0.143. The van der Waals surface area contributed by atoms with Gasteiger partial charge in [-0.15, -0.1) is 0 Å². The van der Waals surface area contributed by atoms with Crippen LogP contribution in [0.1, 0.15) is 52.4 Å². The van der Waals surface area contributed by atoms with Crippen LogP contribution in [0.3, 0.4) is 0 Å². The molecule has 25 heavy (non-hydrogen) atoms. The molecule has 1 aliphatic rings. The van der Waals surface area contributed by atoms with Crippen molar-refractivity contribution in [3.63, 3.8) is 0 Å². The normalized spacial score (nSPS) is 19.8. The summed E-state index contributed by atoms with van der Waals surface area (Å²) in [6, 6.07) is 3.18. The summed E-state index contributed by atoms with van der Waals surface area (Å²) in [6.45, 7) is 9.82. The molecule has 0 bridgehead atoms. The molecule has 1 aromatic carbocycles. The van der Waals surface area contributed by atoms with Crippen molar-refractivity contribution < 1.29 is 18.8 Å². The van der Waals surface area contributed by atoms with Crippen LogP contribution in [0, 0.1) is 0 Å². The Kier molecular flexibility index (Phi) is 6.38. The third kappa shape index (κ3) is 4.45. The minimum atomic E-state index is -0.689. The highest BCUT2D eigenvalue weighted by atomic mass is 35.5. The van der Waals surface area contributed by atoms with Crippen molar-refractivity contribution in [3.8, 4) is 0 Å². The second kappa shape index (κ2) is 7.65. The molecule has 0 amide bonds. The van der Waals surface area contributed by atoms with Gasteiger partial charge >= 0.3 is 13.1 Å². The first-order valence-corrected chi connectivity index (χ1v) is 9.27. The standard InChI is InChI=1S/C17H22BCl3O4/c1-6-23-14(22)9-11(15-12(20)7-10(19)8-13(15)21)18-24-16(2,3)17(4,5)25-18/h7-8,11H,6,9H2,1-5H3. The molecule has 0 saturated carbocycles. The number of carbonyl (C=O) groups is 1. The van der Waals surface area contributed by atoms with E-state index in [4.69, 9.17) is 48.8 Å². The van der Waals surface area contributed by atoms with E-state index >= 15 is 0 Å². The van der Waals surface area contributed by atoms with Crippen LogP contribution in [-0.4, -0.2) is 30.9 Å². The number of benzene rings is 1. The zero-order valence-electron chi connectivity index (χ0n) is 15.0. The molecule has 2 rings (SSSR count). The Morgan fingerprint density at radius 1 is 1.12 bits per heavy atom. The first kappa shape index (κ1) is 20.9. The summed E-state index contributed by atoms with van der Waals surface area (Å²) in [5.74, 6) is -0.887. The highest BCUT2D eigenvalue weighted by Gasteiger charge is 2.55. The average Bonchev–Trinajstić information content (AvgIpc) is 2.65. The van der Waals surface area contributed by atoms with Crippen LogP contribution in [-0.2, 0) is 18.8 Å². The number of hydrogen-bond donors (Lipinski definition) is 0. The predicted molar refractivity (Wildman–Crippen MR) is 102 cm³/mol. The van der Waals surface area contributed by atoms with Crippen LogP contribution >= 0.6 is 34.8 Å². The molecule has 0 spiro atoms. The fourth-order valence-corrected chi connectivity index (χ4v) is 3.79. The third-order valence-corrected chi connectivity index (χ3v) is 5.55. The Hall–Kier alpha value is -0.455. The van der Waals surface area contributed by atoms with Gasteiger partial charge in [0.25, 0.3) is 0 Å². The molecule has 1 saturated heterocycles. The van der Waals surface area contributed by atoms with E-state index < -0.39 is 24.1 Å². The van der Waals surface area contributed by atoms with Crippen molar-refractivity contribution in [2.45, 2.75) is 58.1 Å². The molecule has 0 N–H and O–H groups in total. The van der Waals surface area contributed by atoms with Gasteiger partial charge in [-0.25, -0.2) is 0 Å².